The second-order valence-corrected chi connectivity index (χ2v) is 6.43. The van der Waals surface area contributed by atoms with Crippen LogP contribution in [-0.2, 0) is 4.79 Å². The monoisotopic (exact) mass is 346 g/mol. The molecule has 0 bridgehead atoms. The van der Waals surface area contributed by atoms with Crippen LogP contribution in [0, 0.1) is 6.92 Å². The number of rotatable bonds is 8. The molecule has 25 heavy (non-hydrogen) atoms. The summed E-state index contributed by atoms with van der Waals surface area (Å²) in [7, 11) is 1.92. The van der Waals surface area contributed by atoms with Crippen LogP contribution in [0.25, 0.3) is 0 Å². The van der Waals surface area contributed by atoms with Crippen LogP contribution in [0.1, 0.15) is 44.7 Å². The van der Waals surface area contributed by atoms with Crippen LogP contribution in [0.2, 0.25) is 0 Å². The van der Waals surface area contributed by atoms with Crippen molar-refractivity contribution in [2.45, 2.75) is 40.5 Å². The van der Waals surface area contributed by atoms with Crippen LogP contribution < -0.4 is 5.32 Å². The molecule has 1 N–H and O–H groups in total. The van der Waals surface area contributed by atoms with Gasteiger partial charge in [-0.1, -0.05) is 36.8 Å². The van der Waals surface area contributed by atoms with E-state index in [1.807, 2.05) is 37.6 Å². The Morgan fingerprint density at radius 3 is 2.48 bits per heavy atom. The number of benzene rings is 1. The minimum atomic E-state index is 0.129. The zero-order chi connectivity index (χ0) is 18.8. The number of aryl methyl sites for hydroxylation is 1. The number of carbonyl (C=O) groups is 1. The van der Waals surface area contributed by atoms with Crippen LogP contribution in [0.4, 0.5) is 0 Å². The van der Waals surface area contributed by atoms with Crippen molar-refractivity contribution in [2.24, 2.45) is 4.99 Å². The van der Waals surface area contributed by atoms with Gasteiger partial charge < -0.3 is 15.1 Å². The summed E-state index contributed by atoms with van der Waals surface area (Å²) in [5.74, 6) is 1.24. The number of guanidine groups is 1. The molecule has 1 amide bonds. The van der Waals surface area contributed by atoms with Gasteiger partial charge in [-0.15, -0.1) is 0 Å². The Bertz CT molecular complexity index is 567. The molecular weight excluding hydrogens is 312 g/mol. The smallest absolute Gasteiger partial charge is 0.242 e. The number of amides is 1. The zero-order valence-electron chi connectivity index (χ0n) is 16.7. The summed E-state index contributed by atoms with van der Waals surface area (Å²) in [4.78, 5) is 20.8. The number of hydrogen-bond donors (Lipinski definition) is 1. The lowest BCUT2D eigenvalue weighted by Gasteiger charge is -2.26. The fourth-order valence-corrected chi connectivity index (χ4v) is 2.73. The molecule has 1 atom stereocenters. The van der Waals surface area contributed by atoms with Crippen LogP contribution >= 0.6 is 0 Å². The Hall–Kier alpha value is -2.04. The largest absolute Gasteiger partial charge is 0.357 e. The quantitative estimate of drug-likeness (QED) is 0.582. The first-order chi connectivity index (χ1) is 11.9. The SMILES string of the molecule is CCNC(=NCC(C)c1cccc(C)c1)N(C)CC(=O)N(CC)CC. The third-order valence-corrected chi connectivity index (χ3v) is 4.31. The Morgan fingerprint density at radius 2 is 1.92 bits per heavy atom. The van der Waals surface area contributed by atoms with Gasteiger partial charge in [0.15, 0.2) is 5.96 Å². The van der Waals surface area contributed by atoms with Gasteiger partial charge in [-0.25, -0.2) is 0 Å². The van der Waals surface area contributed by atoms with Crippen LogP contribution in [0.5, 0.6) is 0 Å². The van der Waals surface area contributed by atoms with Gasteiger partial charge in [-0.05, 0) is 33.3 Å². The molecule has 140 valence electrons. The minimum Gasteiger partial charge on any atom is -0.357 e. The van der Waals surface area contributed by atoms with Gasteiger partial charge in [0, 0.05) is 39.1 Å². The molecule has 0 aliphatic heterocycles. The van der Waals surface area contributed by atoms with E-state index in [0.29, 0.717) is 19.0 Å². The number of nitrogens with zero attached hydrogens (tertiary/aromatic N) is 3. The van der Waals surface area contributed by atoms with Crippen molar-refractivity contribution < 1.29 is 4.79 Å². The van der Waals surface area contributed by atoms with E-state index in [0.717, 1.165) is 25.6 Å². The molecule has 0 heterocycles. The molecule has 1 aromatic carbocycles. The summed E-state index contributed by atoms with van der Waals surface area (Å²) in [6.45, 7) is 13.6. The predicted molar refractivity (Wildman–Crippen MR) is 106 cm³/mol. The Morgan fingerprint density at radius 1 is 1.24 bits per heavy atom. The molecule has 1 aromatic rings. The van der Waals surface area contributed by atoms with Gasteiger partial charge in [0.1, 0.15) is 0 Å². The molecule has 0 aliphatic carbocycles. The van der Waals surface area contributed by atoms with E-state index in [-0.39, 0.29) is 5.91 Å². The molecule has 0 aromatic heterocycles. The van der Waals surface area contributed by atoms with Crippen molar-refractivity contribution in [3.05, 3.63) is 35.4 Å². The molecule has 0 saturated carbocycles. The number of likely N-dealkylation sites (N-methyl/N-ethyl adjacent to an activating group) is 2. The standard InChI is InChI=1S/C20H34N4O/c1-7-21-20(23(6)15-19(25)24(8-2)9-3)22-14-17(5)18-12-10-11-16(4)13-18/h10-13,17H,7-9,14-15H2,1-6H3,(H,21,22). The number of nitrogens with one attached hydrogen (secondary N) is 1. The highest BCUT2D eigenvalue weighted by Crippen LogP contribution is 2.16. The van der Waals surface area contributed by atoms with E-state index in [2.05, 4.69) is 43.4 Å². The van der Waals surface area contributed by atoms with Gasteiger partial charge in [-0.3, -0.25) is 9.79 Å². The number of carbonyl (C=O) groups excluding carboxylic acids is 1. The minimum absolute atomic E-state index is 0.129. The van der Waals surface area contributed by atoms with Crippen molar-refractivity contribution in [3.63, 3.8) is 0 Å². The van der Waals surface area contributed by atoms with Crippen molar-refractivity contribution in [2.75, 3.05) is 39.8 Å². The van der Waals surface area contributed by atoms with E-state index in [1.54, 1.807) is 0 Å². The van der Waals surface area contributed by atoms with Gasteiger partial charge in [0.05, 0.1) is 6.54 Å². The third-order valence-electron chi connectivity index (χ3n) is 4.31. The molecule has 5 heteroatoms. The first-order valence-corrected chi connectivity index (χ1v) is 9.26. The summed E-state index contributed by atoms with van der Waals surface area (Å²) in [6, 6.07) is 8.55. The first-order valence-electron chi connectivity index (χ1n) is 9.26. The molecule has 0 radical (unpaired) electrons. The van der Waals surface area contributed by atoms with E-state index in [1.165, 1.54) is 11.1 Å². The summed E-state index contributed by atoms with van der Waals surface area (Å²) in [5, 5.41) is 3.29. The number of aliphatic imine (C=N–C) groups is 1. The van der Waals surface area contributed by atoms with Gasteiger partial charge in [-0.2, -0.15) is 0 Å². The lowest BCUT2D eigenvalue weighted by Crippen LogP contribution is -2.45. The van der Waals surface area contributed by atoms with Crippen LogP contribution in [-0.4, -0.2) is 61.4 Å². The Kier molecular flexibility index (Phi) is 9.03. The molecule has 0 saturated heterocycles. The van der Waals surface area contributed by atoms with E-state index < -0.39 is 0 Å². The average Bonchev–Trinajstić information content (AvgIpc) is 2.59. The van der Waals surface area contributed by atoms with E-state index in [4.69, 9.17) is 4.99 Å². The molecule has 5 nitrogen and oxygen atoms in total. The highest BCUT2D eigenvalue weighted by Gasteiger charge is 2.15. The lowest BCUT2D eigenvalue weighted by molar-refractivity contribution is -0.131. The second-order valence-electron chi connectivity index (χ2n) is 6.43. The third kappa shape index (κ3) is 6.77. The van der Waals surface area contributed by atoms with Crippen molar-refractivity contribution in [1.29, 1.82) is 0 Å². The lowest BCUT2D eigenvalue weighted by atomic mass is 10.00. The molecule has 0 spiro atoms. The summed E-state index contributed by atoms with van der Waals surface area (Å²) >= 11 is 0. The molecular formula is C20H34N4O. The maximum absolute atomic E-state index is 12.3. The summed E-state index contributed by atoms with van der Waals surface area (Å²) in [5.41, 5.74) is 2.56. The van der Waals surface area contributed by atoms with Crippen molar-refractivity contribution in [3.8, 4) is 0 Å². The Balaban J connectivity index is 2.76. The van der Waals surface area contributed by atoms with Crippen LogP contribution in [0.15, 0.2) is 29.3 Å². The highest BCUT2D eigenvalue weighted by molar-refractivity contribution is 5.86. The summed E-state index contributed by atoms with van der Waals surface area (Å²) < 4.78 is 0. The topological polar surface area (TPSA) is 47.9 Å². The Labute approximate surface area is 153 Å². The predicted octanol–water partition coefficient (Wildman–Crippen LogP) is 2.86. The van der Waals surface area contributed by atoms with Gasteiger partial charge in [0.25, 0.3) is 0 Å². The molecule has 1 rings (SSSR count). The fraction of sp³-hybridized carbons (Fsp3) is 0.600. The molecule has 0 aliphatic rings. The van der Waals surface area contributed by atoms with Crippen molar-refractivity contribution >= 4 is 11.9 Å². The van der Waals surface area contributed by atoms with Crippen molar-refractivity contribution in [1.82, 2.24) is 15.1 Å². The normalized spacial score (nSPS) is 12.6. The van der Waals surface area contributed by atoms with E-state index in [9.17, 15) is 4.79 Å². The first kappa shape index (κ1) is 21.0. The average molecular weight is 347 g/mol. The number of hydrogen-bond acceptors (Lipinski definition) is 2. The summed E-state index contributed by atoms with van der Waals surface area (Å²) in [6.07, 6.45) is 0. The fourth-order valence-electron chi connectivity index (χ4n) is 2.73. The van der Waals surface area contributed by atoms with E-state index >= 15 is 0 Å². The van der Waals surface area contributed by atoms with Crippen LogP contribution in [0.3, 0.4) is 0 Å². The van der Waals surface area contributed by atoms with Gasteiger partial charge >= 0.3 is 0 Å². The van der Waals surface area contributed by atoms with Gasteiger partial charge in [0.2, 0.25) is 5.91 Å². The molecule has 0 fully saturated rings. The molecule has 1 unspecified atom stereocenters. The maximum atomic E-state index is 12.3. The highest BCUT2D eigenvalue weighted by atomic mass is 16.2. The maximum Gasteiger partial charge on any atom is 0.242 e. The second kappa shape index (κ2) is 10.7. The zero-order valence-corrected chi connectivity index (χ0v) is 16.7.